The Kier molecular flexibility index (Phi) is 7.70. The summed E-state index contributed by atoms with van der Waals surface area (Å²) in [5.74, 6) is -0.470. The van der Waals surface area contributed by atoms with E-state index >= 15 is 0 Å². The molecule has 0 aliphatic heterocycles. The summed E-state index contributed by atoms with van der Waals surface area (Å²) in [7, 11) is 1.38. The molecule has 10 heteroatoms. The van der Waals surface area contributed by atoms with E-state index in [9.17, 15) is 19.7 Å². The number of rotatable bonds is 8. The minimum Gasteiger partial charge on any atom is -0.493 e. The number of nitro groups is 1. The van der Waals surface area contributed by atoms with Crippen molar-refractivity contribution in [3.05, 3.63) is 86.9 Å². The minimum absolute atomic E-state index is 0.0324. The molecular formula is C24H22ClN3O6. The highest BCUT2D eigenvalue weighted by molar-refractivity contribution is 6.30. The van der Waals surface area contributed by atoms with Crippen molar-refractivity contribution in [2.24, 2.45) is 0 Å². The molecule has 0 spiro atoms. The van der Waals surface area contributed by atoms with Crippen LogP contribution in [0.3, 0.4) is 0 Å². The van der Waals surface area contributed by atoms with Crippen LogP contribution in [0.4, 0.5) is 11.4 Å². The van der Waals surface area contributed by atoms with Gasteiger partial charge in [-0.1, -0.05) is 23.7 Å². The number of ether oxygens (including phenoxy) is 2. The maximum atomic E-state index is 12.9. The van der Waals surface area contributed by atoms with E-state index in [1.165, 1.54) is 43.5 Å². The fourth-order valence-electron chi connectivity index (χ4n) is 3.06. The SMILES string of the molecule is COc1cc(C(=O)Nc2ccccc2C(=O)NC(C)C)ccc1Oc1ccc(Cl)cc1[N+](=O)[O-]. The molecule has 0 saturated heterocycles. The molecule has 3 rings (SSSR count). The molecular weight excluding hydrogens is 462 g/mol. The Morgan fingerprint density at radius 3 is 2.35 bits per heavy atom. The van der Waals surface area contributed by atoms with E-state index in [0.29, 0.717) is 11.3 Å². The number of nitro benzene ring substituents is 1. The average molecular weight is 484 g/mol. The molecule has 0 saturated carbocycles. The molecule has 2 amide bonds. The second kappa shape index (κ2) is 10.7. The Bertz CT molecular complexity index is 1250. The van der Waals surface area contributed by atoms with Gasteiger partial charge in [0.25, 0.3) is 11.8 Å². The lowest BCUT2D eigenvalue weighted by Crippen LogP contribution is -2.31. The number of carbonyl (C=O) groups excluding carboxylic acids is 2. The van der Waals surface area contributed by atoms with Gasteiger partial charge in [0.15, 0.2) is 11.5 Å². The zero-order valence-corrected chi connectivity index (χ0v) is 19.4. The van der Waals surface area contributed by atoms with E-state index in [0.717, 1.165) is 0 Å². The quantitative estimate of drug-likeness (QED) is 0.325. The number of amides is 2. The van der Waals surface area contributed by atoms with E-state index in [1.807, 2.05) is 13.8 Å². The van der Waals surface area contributed by atoms with Gasteiger partial charge in [-0.15, -0.1) is 0 Å². The zero-order valence-electron chi connectivity index (χ0n) is 18.6. The van der Waals surface area contributed by atoms with Gasteiger partial charge in [-0.3, -0.25) is 19.7 Å². The topological polar surface area (TPSA) is 120 Å². The van der Waals surface area contributed by atoms with Gasteiger partial charge >= 0.3 is 5.69 Å². The summed E-state index contributed by atoms with van der Waals surface area (Å²) >= 11 is 5.85. The number of benzene rings is 3. The van der Waals surface area contributed by atoms with Crippen LogP contribution < -0.4 is 20.1 Å². The van der Waals surface area contributed by atoms with Gasteiger partial charge in [-0.2, -0.15) is 0 Å². The summed E-state index contributed by atoms with van der Waals surface area (Å²) < 4.78 is 11.0. The highest BCUT2D eigenvalue weighted by Crippen LogP contribution is 2.38. The van der Waals surface area contributed by atoms with Crippen LogP contribution in [0.1, 0.15) is 34.6 Å². The van der Waals surface area contributed by atoms with Crippen molar-refractivity contribution in [3.63, 3.8) is 0 Å². The summed E-state index contributed by atoms with van der Waals surface area (Å²) in [5.41, 5.74) is 0.592. The number of para-hydroxylation sites is 1. The number of halogens is 1. The summed E-state index contributed by atoms with van der Waals surface area (Å²) in [6, 6.07) is 15.0. The van der Waals surface area contributed by atoms with E-state index in [1.54, 1.807) is 24.3 Å². The van der Waals surface area contributed by atoms with Crippen LogP contribution >= 0.6 is 11.6 Å². The Balaban J connectivity index is 1.85. The standard InChI is InChI=1S/C24H22ClN3O6/c1-14(2)26-24(30)17-6-4-5-7-18(17)27-23(29)15-8-10-21(22(12-15)33-3)34-20-11-9-16(25)13-19(20)28(31)32/h4-14H,1-3H3,(H,26,30)(H,27,29). The van der Waals surface area contributed by atoms with Crippen molar-refractivity contribution < 1.29 is 24.0 Å². The van der Waals surface area contributed by atoms with Gasteiger partial charge in [-0.25, -0.2) is 0 Å². The van der Waals surface area contributed by atoms with Crippen LogP contribution in [0.5, 0.6) is 17.2 Å². The van der Waals surface area contributed by atoms with Crippen LogP contribution in [0.2, 0.25) is 5.02 Å². The second-order valence-corrected chi connectivity index (χ2v) is 7.90. The maximum Gasteiger partial charge on any atom is 0.313 e. The molecule has 176 valence electrons. The lowest BCUT2D eigenvalue weighted by Gasteiger charge is -2.14. The first-order valence-corrected chi connectivity index (χ1v) is 10.6. The Labute approximate surface area is 200 Å². The first kappa shape index (κ1) is 24.5. The van der Waals surface area contributed by atoms with Gasteiger partial charge in [0.2, 0.25) is 5.75 Å². The maximum absolute atomic E-state index is 12.9. The van der Waals surface area contributed by atoms with E-state index < -0.39 is 10.8 Å². The van der Waals surface area contributed by atoms with Crippen LogP contribution in [-0.2, 0) is 0 Å². The van der Waals surface area contributed by atoms with Gasteiger partial charge in [0, 0.05) is 22.7 Å². The highest BCUT2D eigenvalue weighted by atomic mass is 35.5. The summed E-state index contributed by atoms with van der Waals surface area (Å²) in [6.07, 6.45) is 0. The first-order valence-electron chi connectivity index (χ1n) is 10.2. The largest absolute Gasteiger partial charge is 0.493 e. The molecule has 0 heterocycles. The predicted molar refractivity (Wildman–Crippen MR) is 128 cm³/mol. The molecule has 9 nitrogen and oxygen atoms in total. The molecule has 0 fully saturated rings. The van der Waals surface area contributed by atoms with E-state index in [2.05, 4.69) is 10.6 Å². The number of nitrogens with zero attached hydrogens (tertiary/aromatic N) is 1. The van der Waals surface area contributed by atoms with Crippen LogP contribution in [0.25, 0.3) is 0 Å². The molecule has 0 bridgehead atoms. The summed E-state index contributed by atoms with van der Waals surface area (Å²) in [4.78, 5) is 36.1. The van der Waals surface area contributed by atoms with E-state index in [-0.39, 0.29) is 45.5 Å². The predicted octanol–water partition coefficient (Wildman–Crippen LogP) is 5.44. The molecule has 0 aromatic heterocycles. The number of hydrogen-bond donors (Lipinski definition) is 2. The van der Waals surface area contributed by atoms with Crippen molar-refractivity contribution in [1.29, 1.82) is 0 Å². The highest BCUT2D eigenvalue weighted by Gasteiger charge is 2.20. The normalized spacial score (nSPS) is 10.5. The van der Waals surface area contributed by atoms with Crippen molar-refractivity contribution in [2.45, 2.75) is 19.9 Å². The molecule has 0 atom stereocenters. The summed E-state index contributed by atoms with van der Waals surface area (Å²) in [5, 5.41) is 17.0. The third-order valence-electron chi connectivity index (χ3n) is 4.60. The molecule has 0 aliphatic carbocycles. The number of hydrogen-bond acceptors (Lipinski definition) is 6. The molecule has 3 aromatic carbocycles. The third kappa shape index (κ3) is 5.81. The van der Waals surface area contributed by atoms with Crippen LogP contribution in [0, 0.1) is 10.1 Å². The number of carbonyl (C=O) groups is 2. The van der Waals surface area contributed by atoms with E-state index in [4.69, 9.17) is 21.1 Å². The smallest absolute Gasteiger partial charge is 0.313 e. The fraction of sp³-hybridized carbons (Fsp3) is 0.167. The average Bonchev–Trinajstić information content (AvgIpc) is 2.80. The Morgan fingerprint density at radius 2 is 1.68 bits per heavy atom. The van der Waals surface area contributed by atoms with Crippen molar-refractivity contribution in [1.82, 2.24) is 5.32 Å². The van der Waals surface area contributed by atoms with Gasteiger partial charge in [0.05, 0.1) is 23.3 Å². The third-order valence-corrected chi connectivity index (χ3v) is 4.84. The Hall–Kier alpha value is -4.11. The number of nitrogens with one attached hydrogen (secondary N) is 2. The Morgan fingerprint density at radius 1 is 0.971 bits per heavy atom. The monoisotopic (exact) mass is 483 g/mol. The van der Waals surface area contributed by atoms with Gasteiger partial charge < -0.3 is 20.1 Å². The lowest BCUT2D eigenvalue weighted by molar-refractivity contribution is -0.385. The van der Waals surface area contributed by atoms with Crippen molar-refractivity contribution in [2.75, 3.05) is 12.4 Å². The van der Waals surface area contributed by atoms with Crippen molar-refractivity contribution in [3.8, 4) is 17.2 Å². The molecule has 0 aliphatic rings. The summed E-state index contributed by atoms with van der Waals surface area (Å²) in [6.45, 7) is 3.68. The fourth-order valence-corrected chi connectivity index (χ4v) is 3.22. The molecule has 0 radical (unpaired) electrons. The van der Waals surface area contributed by atoms with Gasteiger partial charge in [0.1, 0.15) is 0 Å². The first-order chi connectivity index (χ1) is 16.2. The lowest BCUT2D eigenvalue weighted by atomic mass is 10.1. The van der Waals surface area contributed by atoms with Gasteiger partial charge in [-0.05, 0) is 56.3 Å². The van der Waals surface area contributed by atoms with Crippen LogP contribution in [0.15, 0.2) is 60.7 Å². The second-order valence-electron chi connectivity index (χ2n) is 7.46. The van der Waals surface area contributed by atoms with Crippen molar-refractivity contribution >= 4 is 34.8 Å². The van der Waals surface area contributed by atoms with Crippen LogP contribution in [-0.4, -0.2) is 29.9 Å². The molecule has 34 heavy (non-hydrogen) atoms. The number of anilines is 1. The molecule has 3 aromatic rings. The zero-order chi connectivity index (χ0) is 24.8. The number of methoxy groups -OCH3 is 1. The minimum atomic E-state index is -0.609. The molecule has 0 unspecified atom stereocenters. The molecule has 2 N–H and O–H groups in total.